The minimum absolute atomic E-state index is 0.210. The van der Waals surface area contributed by atoms with Crippen molar-refractivity contribution in [3.05, 3.63) is 17.8 Å². The second-order valence-electron chi connectivity index (χ2n) is 5.11. The predicted molar refractivity (Wildman–Crippen MR) is 73.2 cm³/mol. The Kier molecular flexibility index (Phi) is 3.23. The SMILES string of the molecule is NC(=O)c1ccc(N)c(N2CCCC3(C2)OCCO3)n1. The van der Waals surface area contributed by atoms with Crippen molar-refractivity contribution in [2.45, 2.75) is 18.6 Å². The molecule has 4 N–H and O–H groups in total. The van der Waals surface area contributed by atoms with Crippen LogP contribution in [0.25, 0.3) is 0 Å². The number of hydrogen-bond donors (Lipinski definition) is 2. The molecule has 1 aromatic heterocycles. The number of ether oxygens (including phenoxy) is 2. The number of anilines is 2. The van der Waals surface area contributed by atoms with Crippen molar-refractivity contribution < 1.29 is 14.3 Å². The van der Waals surface area contributed by atoms with Crippen LogP contribution in [0.1, 0.15) is 23.3 Å². The highest BCUT2D eigenvalue weighted by Crippen LogP contribution is 2.33. The molecule has 0 saturated carbocycles. The van der Waals surface area contributed by atoms with Gasteiger partial charge in [0.2, 0.25) is 0 Å². The average molecular weight is 278 g/mol. The number of amides is 1. The summed E-state index contributed by atoms with van der Waals surface area (Å²) in [6.45, 7) is 2.58. The summed E-state index contributed by atoms with van der Waals surface area (Å²) in [6, 6.07) is 3.18. The van der Waals surface area contributed by atoms with Crippen molar-refractivity contribution in [2.24, 2.45) is 5.73 Å². The maximum Gasteiger partial charge on any atom is 0.267 e. The van der Waals surface area contributed by atoms with E-state index in [0.717, 1.165) is 19.4 Å². The molecule has 2 fully saturated rings. The van der Waals surface area contributed by atoms with Gasteiger partial charge in [-0.1, -0.05) is 0 Å². The van der Waals surface area contributed by atoms with Crippen molar-refractivity contribution in [3.8, 4) is 0 Å². The fourth-order valence-electron chi connectivity index (χ4n) is 2.75. The molecular weight excluding hydrogens is 260 g/mol. The molecule has 0 radical (unpaired) electrons. The Morgan fingerprint density at radius 3 is 2.80 bits per heavy atom. The summed E-state index contributed by atoms with van der Waals surface area (Å²) in [6.07, 6.45) is 1.78. The van der Waals surface area contributed by atoms with Crippen molar-refractivity contribution in [2.75, 3.05) is 36.9 Å². The Morgan fingerprint density at radius 2 is 2.10 bits per heavy atom. The molecule has 2 aliphatic rings. The Labute approximate surface area is 116 Å². The van der Waals surface area contributed by atoms with E-state index >= 15 is 0 Å². The van der Waals surface area contributed by atoms with Crippen LogP contribution in [0.5, 0.6) is 0 Å². The van der Waals surface area contributed by atoms with Gasteiger partial charge in [-0.25, -0.2) is 4.98 Å². The third-order valence-corrected chi connectivity index (χ3v) is 3.69. The Bertz CT molecular complexity index is 528. The average Bonchev–Trinajstić information content (AvgIpc) is 2.87. The van der Waals surface area contributed by atoms with Crippen LogP contribution in [0.4, 0.5) is 11.5 Å². The first-order valence-corrected chi connectivity index (χ1v) is 6.69. The number of carbonyl (C=O) groups is 1. The van der Waals surface area contributed by atoms with Crippen LogP contribution in [0.15, 0.2) is 12.1 Å². The topological polar surface area (TPSA) is 104 Å². The number of piperidine rings is 1. The number of nitrogen functional groups attached to an aromatic ring is 1. The Morgan fingerprint density at radius 1 is 1.35 bits per heavy atom. The van der Waals surface area contributed by atoms with Gasteiger partial charge in [-0.3, -0.25) is 4.79 Å². The Hall–Kier alpha value is -1.86. The summed E-state index contributed by atoms with van der Waals surface area (Å²) in [5.74, 6) is -0.555. The highest BCUT2D eigenvalue weighted by Gasteiger charge is 2.41. The van der Waals surface area contributed by atoms with Crippen LogP contribution in [0, 0.1) is 0 Å². The molecule has 7 heteroatoms. The van der Waals surface area contributed by atoms with E-state index in [1.807, 2.05) is 4.90 Å². The van der Waals surface area contributed by atoms with Gasteiger partial charge in [-0.2, -0.15) is 0 Å². The maximum atomic E-state index is 11.2. The molecule has 7 nitrogen and oxygen atoms in total. The van der Waals surface area contributed by atoms with Gasteiger partial charge in [0.25, 0.3) is 5.91 Å². The molecule has 1 spiro atoms. The van der Waals surface area contributed by atoms with Gasteiger partial charge in [-0.05, 0) is 18.6 Å². The molecule has 20 heavy (non-hydrogen) atoms. The molecule has 2 aliphatic heterocycles. The van der Waals surface area contributed by atoms with Gasteiger partial charge in [0, 0.05) is 13.0 Å². The van der Waals surface area contributed by atoms with Gasteiger partial charge < -0.3 is 25.8 Å². The zero-order chi connectivity index (χ0) is 14.2. The van der Waals surface area contributed by atoms with E-state index in [2.05, 4.69) is 4.98 Å². The van der Waals surface area contributed by atoms with Gasteiger partial charge >= 0.3 is 0 Å². The first kappa shape index (κ1) is 13.1. The van der Waals surface area contributed by atoms with E-state index in [9.17, 15) is 4.79 Å². The van der Waals surface area contributed by atoms with Crippen molar-refractivity contribution in [3.63, 3.8) is 0 Å². The number of pyridine rings is 1. The first-order chi connectivity index (χ1) is 9.60. The van der Waals surface area contributed by atoms with Crippen molar-refractivity contribution in [1.29, 1.82) is 0 Å². The Balaban J connectivity index is 1.88. The number of nitrogens with zero attached hydrogens (tertiary/aromatic N) is 2. The zero-order valence-electron chi connectivity index (χ0n) is 11.2. The van der Waals surface area contributed by atoms with E-state index in [1.165, 1.54) is 6.07 Å². The molecule has 1 aromatic rings. The number of hydrogen-bond acceptors (Lipinski definition) is 6. The third-order valence-electron chi connectivity index (χ3n) is 3.69. The molecular formula is C13H18N4O3. The van der Waals surface area contributed by atoms with Crippen molar-refractivity contribution >= 4 is 17.4 Å². The number of carbonyl (C=O) groups excluding carboxylic acids is 1. The summed E-state index contributed by atoms with van der Waals surface area (Å²) < 4.78 is 11.5. The van der Waals surface area contributed by atoms with E-state index in [-0.39, 0.29) is 5.69 Å². The second-order valence-corrected chi connectivity index (χ2v) is 5.11. The van der Waals surface area contributed by atoms with E-state index < -0.39 is 11.7 Å². The molecule has 0 aromatic carbocycles. The van der Waals surface area contributed by atoms with E-state index in [0.29, 0.717) is 31.3 Å². The molecule has 108 valence electrons. The lowest BCUT2D eigenvalue weighted by Gasteiger charge is -2.39. The smallest absolute Gasteiger partial charge is 0.267 e. The summed E-state index contributed by atoms with van der Waals surface area (Å²) in [7, 11) is 0. The van der Waals surface area contributed by atoms with E-state index in [4.69, 9.17) is 20.9 Å². The quantitative estimate of drug-likeness (QED) is 0.795. The van der Waals surface area contributed by atoms with Crippen LogP contribution >= 0.6 is 0 Å². The highest BCUT2D eigenvalue weighted by molar-refractivity contribution is 5.91. The minimum Gasteiger partial charge on any atom is -0.396 e. The molecule has 3 heterocycles. The number of rotatable bonds is 2. The number of nitrogens with two attached hydrogens (primary N) is 2. The summed E-state index contributed by atoms with van der Waals surface area (Å²) >= 11 is 0. The standard InChI is InChI=1S/C13H18N4O3/c14-9-2-3-10(11(15)18)16-12(9)17-5-1-4-13(8-17)19-6-7-20-13/h2-3H,1,4-8,14H2,(H2,15,18). The summed E-state index contributed by atoms with van der Waals surface area (Å²) in [5, 5.41) is 0. The van der Waals surface area contributed by atoms with Crippen LogP contribution < -0.4 is 16.4 Å². The molecule has 1 amide bonds. The molecule has 3 rings (SSSR count). The van der Waals surface area contributed by atoms with Crippen LogP contribution in [-0.4, -0.2) is 43.0 Å². The molecule has 0 aliphatic carbocycles. The predicted octanol–water partition coefficient (Wildman–Crippen LogP) is 0.106. The van der Waals surface area contributed by atoms with Crippen LogP contribution in [0.3, 0.4) is 0 Å². The minimum atomic E-state index is -0.564. The summed E-state index contributed by atoms with van der Waals surface area (Å²) in [5.41, 5.74) is 12.0. The zero-order valence-corrected chi connectivity index (χ0v) is 11.2. The summed E-state index contributed by atoms with van der Waals surface area (Å²) in [4.78, 5) is 17.5. The molecule has 0 atom stereocenters. The number of aromatic nitrogens is 1. The highest BCUT2D eigenvalue weighted by atomic mass is 16.7. The molecule has 2 saturated heterocycles. The largest absolute Gasteiger partial charge is 0.396 e. The van der Waals surface area contributed by atoms with Crippen LogP contribution in [0.2, 0.25) is 0 Å². The van der Waals surface area contributed by atoms with Gasteiger partial charge in [0.15, 0.2) is 11.6 Å². The lowest BCUT2D eigenvalue weighted by atomic mass is 10.0. The maximum absolute atomic E-state index is 11.2. The molecule has 0 bridgehead atoms. The lowest BCUT2D eigenvalue weighted by molar-refractivity contribution is -0.161. The van der Waals surface area contributed by atoms with Gasteiger partial charge in [0.05, 0.1) is 25.4 Å². The van der Waals surface area contributed by atoms with Crippen LogP contribution in [-0.2, 0) is 9.47 Å². The third kappa shape index (κ3) is 2.30. The normalized spacial score (nSPS) is 21.3. The molecule has 0 unspecified atom stereocenters. The van der Waals surface area contributed by atoms with Gasteiger partial charge in [-0.15, -0.1) is 0 Å². The van der Waals surface area contributed by atoms with E-state index in [1.54, 1.807) is 6.07 Å². The second kappa shape index (κ2) is 4.92. The first-order valence-electron chi connectivity index (χ1n) is 6.69. The fourth-order valence-corrected chi connectivity index (χ4v) is 2.75. The van der Waals surface area contributed by atoms with Crippen molar-refractivity contribution in [1.82, 2.24) is 4.98 Å². The monoisotopic (exact) mass is 278 g/mol. The van der Waals surface area contributed by atoms with Gasteiger partial charge in [0.1, 0.15) is 5.69 Å². The lowest BCUT2D eigenvalue weighted by Crippen LogP contribution is -2.49. The fraction of sp³-hybridized carbons (Fsp3) is 0.538. The number of primary amides is 1.